The summed E-state index contributed by atoms with van der Waals surface area (Å²) in [5, 5.41) is 0. The van der Waals surface area contributed by atoms with Gasteiger partial charge in [0.2, 0.25) is 0 Å². The van der Waals surface area contributed by atoms with Crippen molar-refractivity contribution in [1.29, 1.82) is 0 Å². The summed E-state index contributed by atoms with van der Waals surface area (Å²) >= 11 is 7.33. The number of alkyl halides is 1. The molecule has 0 saturated heterocycles. The average molecular weight is 202 g/mol. The van der Waals surface area contributed by atoms with Crippen molar-refractivity contribution in [3.63, 3.8) is 0 Å². The van der Waals surface area contributed by atoms with Gasteiger partial charge in [0, 0.05) is 16.5 Å². The number of thioether (sulfide) groups is 1. The topological polar surface area (TPSA) is 26.0 Å². The standard InChI is InChI=1S/C9H12ClNS/c10-6-3-7-12-9-5-2-1-4-8(9)11/h1-2,4-5H,3,6-7,11H2. The summed E-state index contributed by atoms with van der Waals surface area (Å²) in [6.07, 6.45) is 1.03. The van der Waals surface area contributed by atoms with Gasteiger partial charge in [-0.05, 0) is 24.3 Å². The minimum absolute atomic E-state index is 0.722. The third kappa shape index (κ3) is 2.95. The lowest BCUT2D eigenvalue weighted by Crippen LogP contribution is -1.88. The monoisotopic (exact) mass is 201 g/mol. The van der Waals surface area contributed by atoms with Gasteiger partial charge < -0.3 is 5.73 Å². The summed E-state index contributed by atoms with van der Waals surface area (Å²) in [7, 11) is 0. The second-order valence-corrected chi connectivity index (χ2v) is 3.94. The van der Waals surface area contributed by atoms with Gasteiger partial charge in [-0.1, -0.05) is 12.1 Å². The molecule has 1 aromatic rings. The molecule has 3 heteroatoms. The second-order valence-electron chi connectivity index (χ2n) is 2.43. The van der Waals surface area contributed by atoms with E-state index in [1.54, 1.807) is 11.8 Å². The molecule has 0 spiro atoms. The van der Waals surface area contributed by atoms with Crippen LogP contribution in [0.25, 0.3) is 0 Å². The van der Waals surface area contributed by atoms with Crippen LogP contribution in [-0.2, 0) is 0 Å². The van der Waals surface area contributed by atoms with Gasteiger partial charge in [-0.15, -0.1) is 23.4 Å². The van der Waals surface area contributed by atoms with Crippen molar-refractivity contribution in [2.45, 2.75) is 11.3 Å². The van der Waals surface area contributed by atoms with Gasteiger partial charge in [0.15, 0.2) is 0 Å². The first-order chi connectivity index (χ1) is 5.84. The van der Waals surface area contributed by atoms with E-state index >= 15 is 0 Å². The molecule has 0 aliphatic rings. The Labute approximate surface area is 82.3 Å². The number of anilines is 1. The Kier molecular flexibility index (Phi) is 4.33. The quantitative estimate of drug-likeness (QED) is 0.351. The molecular formula is C9H12ClNS. The van der Waals surface area contributed by atoms with Crippen LogP contribution in [0.15, 0.2) is 29.2 Å². The van der Waals surface area contributed by atoms with Gasteiger partial charge in [0.05, 0.1) is 0 Å². The van der Waals surface area contributed by atoms with Crippen molar-refractivity contribution < 1.29 is 0 Å². The lowest BCUT2D eigenvalue weighted by atomic mass is 10.3. The van der Waals surface area contributed by atoms with Crippen molar-refractivity contribution in [3.05, 3.63) is 24.3 Å². The van der Waals surface area contributed by atoms with Crippen molar-refractivity contribution in [2.24, 2.45) is 0 Å². The predicted octanol–water partition coefficient (Wildman–Crippen LogP) is 2.99. The molecule has 0 saturated carbocycles. The van der Waals surface area contributed by atoms with E-state index in [2.05, 4.69) is 0 Å². The van der Waals surface area contributed by atoms with E-state index in [1.165, 1.54) is 0 Å². The van der Waals surface area contributed by atoms with Gasteiger partial charge in [0.1, 0.15) is 0 Å². The highest BCUT2D eigenvalue weighted by atomic mass is 35.5. The Hall–Kier alpha value is -0.340. The molecule has 0 heterocycles. The number of rotatable bonds is 4. The van der Waals surface area contributed by atoms with Crippen LogP contribution in [0.3, 0.4) is 0 Å². The molecular weight excluding hydrogens is 190 g/mol. The molecule has 0 atom stereocenters. The van der Waals surface area contributed by atoms with E-state index < -0.39 is 0 Å². The Morgan fingerprint density at radius 3 is 2.75 bits per heavy atom. The number of para-hydroxylation sites is 1. The van der Waals surface area contributed by atoms with Crippen molar-refractivity contribution in [2.75, 3.05) is 17.4 Å². The van der Waals surface area contributed by atoms with Crippen molar-refractivity contribution in [1.82, 2.24) is 0 Å². The highest BCUT2D eigenvalue weighted by Gasteiger charge is 1.96. The fourth-order valence-corrected chi connectivity index (χ4v) is 2.06. The zero-order chi connectivity index (χ0) is 8.81. The highest BCUT2D eigenvalue weighted by Crippen LogP contribution is 2.24. The average Bonchev–Trinajstić information content (AvgIpc) is 2.09. The summed E-state index contributed by atoms with van der Waals surface area (Å²) in [6.45, 7) is 0. The Balaban J connectivity index is 2.46. The van der Waals surface area contributed by atoms with E-state index in [4.69, 9.17) is 17.3 Å². The largest absolute Gasteiger partial charge is 0.398 e. The lowest BCUT2D eigenvalue weighted by Gasteiger charge is -2.02. The second kappa shape index (κ2) is 5.33. The molecule has 2 N–H and O–H groups in total. The third-order valence-corrected chi connectivity index (χ3v) is 2.90. The minimum atomic E-state index is 0.722. The van der Waals surface area contributed by atoms with Crippen LogP contribution in [0.4, 0.5) is 5.69 Å². The third-order valence-electron chi connectivity index (χ3n) is 1.45. The summed E-state index contributed by atoms with van der Waals surface area (Å²) in [4.78, 5) is 1.16. The molecule has 0 aliphatic carbocycles. The Morgan fingerprint density at radius 2 is 2.08 bits per heavy atom. The van der Waals surface area contributed by atoms with Crippen molar-refractivity contribution >= 4 is 29.1 Å². The molecule has 0 aliphatic heterocycles. The molecule has 1 aromatic carbocycles. The van der Waals surface area contributed by atoms with Crippen LogP contribution in [0.5, 0.6) is 0 Å². The first-order valence-corrected chi connectivity index (χ1v) is 5.40. The van der Waals surface area contributed by atoms with E-state index in [9.17, 15) is 0 Å². The molecule has 1 nitrogen and oxygen atoms in total. The predicted molar refractivity (Wildman–Crippen MR) is 56.9 cm³/mol. The Morgan fingerprint density at radius 1 is 1.33 bits per heavy atom. The number of hydrogen-bond donors (Lipinski definition) is 1. The van der Waals surface area contributed by atoms with Crippen LogP contribution in [0.2, 0.25) is 0 Å². The normalized spacial score (nSPS) is 10.1. The highest BCUT2D eigenvalue weighted by molar-refractivity contribution is 7.99. The summed E-state index contributed by atoms with van der Waals surface area (Å²) in [5.74, 6) is 1.76. The fourth-order valence-electron chi connectivity index (χ4n) is 0.849. The molecule has 0 radical (unpaired) electrons. The number of halogens is 1. The van der Waals surface area contributed by atoms with Crippen molar-refractivity contribution in [3.8, 4) is 0 Å². The number of hydrogen-bond acceptors (Lipinski definition) is 2. The van der Waals surface area contributed by atoms with E-state index in [-0.39, 0.29) is 0 Å². The summed E-state index contributed by atoms with van der Waals surface area (Å²) in [6, 6.07) is 7.90. The molecule has 0 amide bonds. The van der Waals surface area contributed by atoms with Crippen LogP contribution in [0.1, 0.15) is 6.42 Å². The molecule has 66 valence electrons. The van der Waals surface area contributed by atoms with Gasteiger partial charge in [-0.25, -0.2) is 0 Å². The van der Waals surface area contributed by atoms with Crippen LogP contribution < -0.4 is 5.73 Å². The molecule has 0 aromatic heterocycles. The van der Waals surface area contributed by atoms with Crippen LogP contribution >= 0.6 is 23.4 Å². The molecule has 1 rings (SSSR count). The van der Waals surface area contributed by atoms with Gasteiger partial charge in [-0.3, -0.25) is 0 Å². The zero-order valence-electron chi connectivity index (χ0n) is 6.79. The first-order valence-electron chi connectivity index (χ1n) is 3.88. The smallest absolute Gasteiger partial charge is 0.0452 e. The maximum Gasteiger partial charge on any atom is 0.0452 e. The van der Waals surface area contributed by atoms with Crippen LogP contribution in [0, 0.1) is 0 Å². The summed E-state index contributed by atoms with van der Waals surface area (Å²) < 4.78 is 0. The number of nitrogens with two attached hydrogens (primary N) is 1. The Bertz CT molecular complexity index is 240. The lowest BCUT2D eigenvalue weighted by molar-refractivity contribution is 1.11. The van der Waals surface area contributed by atoms with Gasteiger partial charge in [-0.2, -0.15) is 0 Å². The van der Waals surface area contributed by atoms with Gasteiger partial charge >= 0.3 is 0 Å². The zero-order valence-corrected chi connectivity index (χ0v) is 8.37. The molecule has 12 heavy (non-hydrogen) atoms. The van der Waals surface area contributed by atoms with E-state index in [1.807, 2.05) is 24.3 Å². The SMILES string of the molecule is Nc1ccccc1SCCCCl. The summed E-state index contributed by atoms with van der Waals surface area (Å²) in [5.41, 5.74) is 6.61. The van der Waals surface area contributed by atoms with E-state index in [0.717, 1.165) is 28.6 Å². The molecule has 0 fully saturated rings. The fraction of sp³-hybridized carbons (Fsp3) is 0.333. The van der Waals surface area contributed by atoms with Crippen LogP contribution in [-0.4, -0.2) is 11.6 Å². The number of benzene rings is 1. The van der Waals surface area contributed by atoms with Gasteiger partial charge in [0.25, 0.3) is 0 Å². The molecule has 0 bridgehead atoms. The minimum Gasteiger partial charge on any atom is -0.398 e. The molecule has 0 unspecified atom stereocenters. The van der Waals surface area contributed by atoms with E-state index in [0.29, 0.717) is 0 Å². The first kappa shape index (κ1) is 9.75. The maximum atomic E-state index is 5.75. The number of nitrogen functional groups attached to an aromatic ring is 1. The maximum absolute atomic E-state index is 5.75.